The predicted octanol–water partition coefficient (Wildman–Crippen LogP) is 5.15. The molecule has 2 fully saturated rings. The number of methoxy groups -OCH3 is 1. The SMILES string of the molecule is COCc1cc(N2CCN(c3cccc(C(F)(F)F)c3)CC2)nc(SCc2ccc(C(=O)NC3CC3)cc2)n1. The van der Waals surface area contributed by atoms with Gasteiger partial charge in [0.15, 0.2) is 5.16 Å². The fourth-order valence-electron chi connectivity index (χ4n) is 4.38. The second-order valence-electron chi connectivity index (χ2n) is 9.69. The third-order valence-corrected chi connectivity index (χ3v) is 7.59. The van der Waals surface area contributed by atoms with Gasteiger partial charge in [0.25, 0.3) is 5.91 Å². The van der Waals surface area contributed by atoms with E-state index in [9.17, 15) is 18.0 Å². The van der Waals surface area contributed by atoms with Gasteiger partial charge < -0.3 is 19.9 Å². The summed E-state index contributed by atoms with van der Waals surface area (Å²) in [6.45, 7) is 2.74. The van der Waals surface area contributed by atoms with E-state index in [1.165, 1.54) is 23.9 Å². The Hall–Kier alpha value is -3.31. The minimum Gasteiger partial charge on any atom is -0.378 e. The van der Waals surface area contributed by atoms with Crippen LogP contribution in [0.1, 0.15) is 40.0 Å². The van der Waals surface area contributed by atoms with Gasteiger partial charge in [-0.3, -0.25) is 4.79 Å². The summed E-state index contributed by atoms with van der Waals surface area (Å²) in [5, 5.41) is 3.62. The van der Waals surface area contributed by atoms with E-state index in [1.54, 1.807) is 13.2 Å². The smallest absolute Gasteiger partial charge is 0.378 e. The Morgan fingerprint density at radius 3 is 2.41 bits per heavy atom. The number of amides is 1. The molecule has 3 aromatic rings. The highest BCUT2D eigenvalue weighted by atomic mass is 32.2. The third-order valence-electron chi connectivity index (χ3n) is 6.68. The number of hydrogen-bond donors (Lipinski definition) is 1. The molecule has 0 spiro atoms. The number of carbonyl (C=O) groups is 1. The van der Waals surface area contributed by atoms with E-state index < -0.39 is 11.7 Å². The number of anilines is 2. The molecule has 5 rings (SSSR count). The molecule has 0 atom stereocenters. The molecule has 1 amide bonds. The molecule has 1 aliphatic carbocycles. The van der Waals surface area contributed by atoms with Gasteiger partial charge >= 0.3 is 6.18 Å². The van der Waals surface area contributed by atoms with Crippen molar-refractivity contribution in [3.8, 4) is 0 Å². The van der Waals surface area contributed by atoms with E-state index in [0.29, 0.717) is 61.0 Å². The number of nitrogens with zero attached hydrogens (tertiary/aromatic N) is 4. The number of hydrogen-bond acceptors (Lipinski definition) is 7. The molecule has 0 radical (unpaired) electrons. The van der Waals surface area contributed by atoms with E-state index in [-0.39, 0.29) is 5.91 Å². The summed E-state index contributed by atoms with van der Waals surface area (Å²) in [6.07, 6.45) is -2.26. The van der Waals surface area contributed by atoms with Crippen molar-refractivity contribution in [1.82, 2.24) is 15.3 Å². The average Bonchev–Trinajstić information content (AvgIpc) is 3.76. The van der Waals surface area contributed by atoms with Crippen molar-refractivity contribution in [2.75, 3.05) is 43.1 Å². The lowest BCUT2D eigenvalue weighted by Gasteiger charge is -2.37. The number of nitrogens with one attached hydrogen (secondary N) is 1. The van der Waals surface area contributed by atoms with Gasteiger partial charge in [-0.2, -0.15) is 13.2 Å². The minimum absolute atomic E-state index is 0.0369. The van der Waals surface area contributed by atoms with Crippen molar-refractivity contribution >= 4 is 29.2 Å². The van der Waals surface area contributed by atoms with Crippen LogP contribution in [0, 0.1) is 0 Å². The summed E-state index contributed by atoms with van der Waals surface area (Å²) in [5.41, 5.74) is 2.40. The number of rotatable bonds is 9. The zero-order chi connectivity index (χ0) is 27.4. The Kier molecular flexibility index (Phi) is 8.27. The summed E-state index contributed by atoms with van der Waals surface area (Å²) >= 11 is 1.51. The number of carbonyl (C=O) groups excluding carboxylic acids is 1. The van der Waals surface area contributed by atoms with Crippen LogP contribution in [0.2, 0.25) is 0 Å². The first-order valence-electron chi connectivity index (χ1n) is 12.8. The highest BCUT2D eigenvalue weighted by Gasteiger charge is 2.31. The van der Waals surface area contributed by atoms with Gasteiger partial charge in [0, 0.05) is 62.4 Å². The highest BCUT2D eigenvalue weighted by molar-refractivity contribution is 7.98. The topological polar surface area (TPSA) is 70.6 Å². The van der Waals surface area contributed by atoms with Crippen LogP contribution < -0.4 is 15.1 Å². The van der Waals surface area contributed by atoms with Gasteiger partial charge in [-0.25, -0.2) is 9.97 Å². The van der Waals surface area contributed by atoms with Crippen molar-refractivity contribution in [2.24, 2.45) is 0 Å². The number of benzene rings is 2. The molecule has 1 aromatic heterocycles. The van der Waals surface area contributed by atoms with Crippen molar-refractivity contribution in [3.63, 3.8) is 0 Å². The molecule has 1 N–H and O–H groups in total. The standard InChI is InChI=1S/C28H30F3N5O2S/c1-38-17-23-16-25(36-13-11-35(12-14-36)24-4-2-3-21(15-24)28(29,30)31)34-27(33-23)39-18-19-5-7-20(8-6-19)26(37)32-22-9-10-22/h2-8,15-16,22H,9-14,17-18H2,1H3,(H,32,37). The Bertz CT molecular complexity index is 1290. The Morgan fingerprint density at radius 1 is 1.03 bits per heavy atom. The summed E-state index contributed by atoms with van der Waals surface area (Å²) < 4.78 is 44.8. The van der Waals surface area contributed by atoms with Crippen molar-refractivity contribution in [2.45, 2.75) is 42.6 Å². The van der Waals surface area contributed by atoms with Crippen molar-refractivity contribution in [1.29, 1.82) is 0 Å². The largest absolute Gasteiger partial charge is 0.416 e. The Morgan fingerprint density at radius 2 is 1.74 bits per heavy atom. The van der Waals surface area contributed by atoms with E-state index in [0.717, 1.165) is 36.0 Å². The maximum Gasteiger partial charge on any atom is 0.416 e. The van der Waals surface area contributed by atoms with Gasteiger partial charge in [0.2, 0.25) is 0 Å². The van der Waals surface area contributed by atoms with Crippen LogP contribution >= 0.6 is 11.8 Å². The van der Waals surface area contributed by atoms with Gasteiger partial charge in [0.1, 0.15) is 5.82 Å². The molecule has 2 aliphatic rings. The van der Waals surface area contributed by atoms with Crippen LogP contribution in [0.15, 0.2) is 59.8 Å². The lowest BCUT2D eigenvalue weighted by atomic mass is 10.1. The molecule has 1 aliphatic heterocycles. The second kappa shape index (κ2) is 11.8. The molecule has 7 nitrogen and oxygen atoms in total. The molecule has 39 heavy (non-hydrogen) atoms. The van der Waals surface area contributed by atoms with Crippen LogP contribution in [0.25, 0.3) is 0 Å². The van der Waals surface area contributed by atoms with E-state index in [4.69, 9.17) is 9.72 Å². The van der Waals surface area contributed by atoms with Crippen LogP contribution in [-0.4, -0.2) is 55.2 Å². The monoisotopic (exact) mass is 557 g/mol. The Balaban J connectivity index is 1.22. The summed E-state index contributed by atoms with van der Waals surface area (Å²) in [4.78, 5) is 25.7. The zero-order valence-electron chi connectivity index (χ0n) is 21.6. The summed E-state index contributed by atoms with van der Waals surface area (Å²) in [6, 6.07) is 15.3. The predicted molar refractivity (Wildman–Crippen MR) is 145 cm³/mol. The fourth-order valence-corrected chi connectivity index (χ4v) is 5.21. The molecule has 206 valence electrons. The molecule has 0 bridgehead atoms. The van der Waals surface area contributed by atoms with Gasteiger partial charge in [-0.15, -0.1) is 0 Å². The maximum absolute atomic E-state index is 13.2. The zero-order valence-corrected chi connectivity index (χ0v) is 22.4. The van der Waals surface area contributed by atoms with Crippen LogP contribution in [0.5, 0.6) is 0 Å². The van der Waals surface area contributed by atoms with Crippen LogP contribution in [0.4, 0.5) is 24.7 Å². The number of aromatic nitrogens is 2. The molecular weight excluding hydrogens is 527 g/mol. The van der Waals surface area contributed by atoms with Gasteiger partial charge in [0.05, 0.1) is 17.9 Å². The first-order chi connectivity index (χ1) is 18.8. The minimum atomic E-state index is -4.36. The van der Waals surface area contributed by atoms with E-state index in [2.05, 4.69) is 15.2 Å². The molecule has 1 saturated heterocycles. The number of piperazine rings is 1. The lowest BCUT2D eigenvalue weighted by Crippen LogP contribution is -2.47. The summed E-state index contributed by atoms with van der Waals surface area (Å²) in [5.74, 6) is 1.38. The normalized spacial score (nSPS) is 15.9. The number of halogens is 3. The van der Waals surface area contributed by atoms with Crippen LogP contribution in [0.3, 0.4) is 0 Å². The first kappa shape index (κ1) is 27.3. The van der Waals surface area contributed by atoms with E-state index >= 15 is 0 Å². The van der Waals surface area contributed by atoms with E-state index in [1.807, 2.05) is 35.2 Å². The molecule has 2 aromatic carbocycles. The third kappa shape index (κ3) is 7.21. The maximum atomic E-state index is 13.2. The lowest BCUT2D eigenvalue weighted by molar-refractivity contribution is -0.137. The van der Waals surface area contributed by atoms with Crippen LogP contribution in [-0.2, 0) is 23.3 Å². The quantitative estimate of drug-likeness (QED) is 0.288. The molecular formula is C28H30F3N5O2S. The molecule has 0 unspecified atom stereocenters. The Labute approximate surface area is 229 Å². The highest BCUT2D eigenvalue weighted by Crippen LogP contribution is 2.32. The number of ether oxygens (including phenoxy) is 1. The van der Waals surface area contributed by atoms with Gasteiger partial charge in [-0.05, 0) is 48.7 Å². The van der Waals surface area contributed by atoms with Crippen molar-refractivity contribution < 1.29 is 22.7 Å². The average molecular weight is 558 g/mol. The molecule has 11 heteroatoms. The van der Waals surface area contributed by atoms with Gasteiger partial charge in [-0.1, -0.05) is 30.0 Å². The summed E-state index contributed by atoms with van der Waals surface area (Å²) in [7, 11) is 1.61. The van der Waals surface area contributed by atoms with Crippen molar-refractivity contribution in [3.05, 3.63) is 77.0 Å². The number of alkyl halides is 3. The second-order valence-corrected chi connectivity index (χ2v) is 10.6. The molecule has 1 saturated carbocycles. The number of thioether (sulfide) groups is 1. The first-order valence-corrected chi connectivity index (χ1v) is 13.8. The molecule has 2 heterocycles. The fraction of sp³-hybridized carbons (Fsp3) is 0.393.